The van der Waals surface area contributed by atoms with Crippen molar-refractivity contribution < 1.29 is 14.2 Å². The molecule has 0 aliphatic carbocycles. The van der Waals surface area contributed by atoms with Gasteiger partial charge < -0.3 is 14.2 Å². The van der Waals surface area contributed by atoms with E-state index in [0.29, 0.717) is 25.6 Å². The van der Waals surface area contributed by atoms with Crippen LogP contribution in [0.3, 0.4) is 0 Å². The molecule has 1 aliphatic heterocycles. The van der Waals surface area contributed by atoms with Crippen LogP contribution in [0.25, 0.3) is 32.7 Å². The first kappa shape index (κ1) is 21.1. The van der Waals surface area contributed by atoms with E-state index in [0.717, 1.165) is 47.6 Å². The van der Waals surface area contributed by atoms with Gasteiger partial charge in [-0.1, -0.05) is 35.2 Å². The first-order valence-corrected chi connectivity index (χ1v) is 12.9. The predicted octanol–water partition coefficient (Wildman–Crippen LogP) is 5.48. The third-order valence-electron chi connectivity index (χ3n) is 5.39. The monoisotopic (exact) mass is 496 g/mol. The Bertz CT molecular complexity index is 1520. The van der Waals surface area contributed by atoms with Gasteiger partial charge in [0.15, 0.2) is 26.7 Å². The molecule has 2 aromatic carbocycles. The van der Waals surface area contributed by atoms with Crippen LogP contribution in [0.2, 0.25) is 0 Å². The van der Waals surface area contributed by atoms with Crippen molar-refractivity contribution in [2.75, 3.05) is 25.6 Å². The zero-order chi connectivity index (χ0) is 22.4. The summed E-state index contributed by atoms with van der Waals surface area (Å²) in [5.41, 5.74) is 4.55. The summed E-state index contributed by atoms with van der Waals surface area (Å²) >= 11 is 8.91. The van der Waals surface area contributed by atoms with Gasteiger partial charge in [-0.25, -0.2) is 9.97 Å². The number of fused-ring (bicyclic) bond motifs is 5. The van der Waals surface area contributed by atoms with Gasteiger partial charge >= 0.3 is 0 Å². The fraction of sp³-hybridized carbons (Fsp3) is 0.261. The van der Waals surface area contributed by atoms with Crippen LogP contribution < -0.4 is 4.74 Å². The Balaban J connectivity index is 1.56. The van der Waals surface area contributed by atoms with Crippen LogP contribution in [0, 0.1) is 3.95 Å². The van der Waals surface area contributed by atoms with E-state index in [-0.39, 0.29) is 6.29 Å². The van der Waals surface area contributed by atoms with Gasteiger partial charge in [0.05, 0.1) is 36.6 Å². The van der Waals surface area contributed by atoms with Crippen molar-refractivity contribution in [2.45, 2.75) is 18.4 Å². The van der Waals surface area contributed by atoms with Gasteiger partial charge in [0.25, 0.3) is 0 Å². The topological polar surface area (TPSA) is 62.8 Å². The minimum Gasteiger partial charge on any atom is -0.494 e. The van der Waals surface area contributed by atoms with Gasteiger partial charge in [-0.15, -0.1) is 0 Å². The summed E-state index contributed by atoms with van der Waals surface area (Å²) in [5, 5.41) is 0.831. The Hall–Kier alpha value is -2.50. The number of para-hydroxylation sites is 2. The molecule has 1 aliphatic rings. The fourth-order valence-corrected chi connectivity index (χ4v) is 6.25. The maximum Gasteiger partial charge on any atom is 0.176 e. The van der Waals surface area contributed by atoms with Gasteiger partial charge in [0, 0.05) is 5.69 Å². The van der Waals surface area contributed by atoms with Gasteiger partial charge in [-0.2, -0.15) is 0 Å². The molecule has 1 saturated heterocycles. The summed E-state index contributed by atoms with van der Waals surface area (Å²) in [4.78, 5) is 10.0. The lowest BCUT2D eigenvalue weighted by atomic mass is 10.3. The average molecular weight is 497 g/mol. The summed E-state index contributed by atoms with van der Waals surface area (Å²) in [6.07, 6.45) is -0.229. The third-order valence-corrected chi connectivity index (χ3v) is 7.72. The Morgan fingerprint density at radius 3 is 2.67 bits per heavy atom. The zero-order valence-corrected chi connectivity index (χ0v) is 20.2. The van der Waals surface area contributed by atoms with Crippen molar-refractivity contribution in [1.82, 2.24) is 18.9 Å². The smallest absolute Gasteiger partial charge is 0.176 e. The lowest BCUT2D eigenvalue weighted by Crippen LogP contribution is -2.11. The number of hydrogen-bond acceptors (Lipinski definition) is 8. The molecule has 168 valence electrons. The number of imidazole rings is 1. The normalized spacial score (nSPS) is 14.7. The summed E-state index contributed by atoms with van der Waals surface area (Å²) in [6, 6.07) is 16.0. The van der Waals surface area contributed by atoms with E-state index in [1.54, 1.807) is 11.8 Å². The van der Waals surface area contributed by atoms with Crippen LogP contribution in [0.4, 0.5) is 0 Å². The van der Waals surface area contributed by atoms with Crippen molar-refractivity contribution >= 4 is 62.3 Å². The Kier molecular flexibility index (Phi) is 5.55. The summed E-state index contributed by atoms with van der Waals surface area (Å²) in [6.45, 7) is 3.86. The zero-order valence-electron chi connectivity index (χ0n) is 17.8. The molecule has 0 radical (unpaired) electrons. The molecular weight excluding hydrogens is 476 g/mol. The fourth-order valence-electron chi connectivity index (χ4n) is 3.95. The number of thiazole rings is 1. The van der Waals surface area contributed by atoms with Gasteiger partial charge in [0.2, 0.25) is 0 Å². The molecule has 33 heavy (non-hydrogen) atoms. The molecule has 10 heteroatoms. The van der Waals surface area contributed by atoms with Gasteiger partial charge in [0.1, 0.15) is 10.4 Å². The molecule has 6 rings (SSSR count). The first-order valence-electron chi connectivity index (χ1n) is 10.6. The van der Waals surface area contributed by atoms with Crippen LogP contribution in [-0.2, 0) is 9.47 Å². The van der Waals surface area contributed by atoms with E-state index >= 15 is 0 Å². The summed E-state index contributed by atoms with van der Waals surface area (Å²) in [7, 11) is 0. The van der Waals surface area contributed by atoms with E-state index in [2.05, 4.69) is 10.5 Å². The first-order chi connectivity index (χ1) is 16.2. The standard InChI is InChI=1S/C23H20N4O3S3/c1-2-28-15-9-7-14(8-10-15)26-21-19(33-23(26)31)20-24-16-5-3-4-6-17(16)27(20)22(25-21)32-13-18-29-11-12-30-18/h3-10,18H,2,11-13H2,1H3. The highest BCUT2D eigenvalue weighted by atomic mass is 32.2. The van der Waals surface area contributed by atoms with Crippen molar-refractivity contribution in [3.63, 3.8) is 0 Å². The second kappa shape index (κ2) is 8.69. The number of benzene rings is 2. The minimum atomic E-state index is -0.229. The van der Waals surface area contributed by atoms with Crippen molar-refractivity contribution in [2.24, 2.45) is 0 Å². The predicted molar refractivity (Wildman–Crippen MR) is 134 cm³/mol. The molecule has 5 aromatic rings. The maximum atomic E-state index is 5.78. The number of ether oxygens (including phenoxy) is 3. The highest BCUT2D eigenvalue weighted by molar-refractivity contribution is 7.99. The van der Waals surface area contributed by atoms with Crippen LogP contribution in [0.15, 0.2) is 53.7 Å². The van der Waals surface area contributed by atoms with E-state index in [1.165, 1.54) is 11.3 Å². The van der Waals surface area contributed by atoms with Crippen LogP contribution in [0.5, 0.6) is 5.75 Å². The number of aromatic nitrogens is 4. The maximum absolute atomic E-state index is 5.78. The molecule has 0 amide bonds. The molecule has 7 nitrogen and oxygen atoms in total. The Morgan fingerprint density at radius 1 is 1.09 bits per heavy atom. The second-order valence-corrected chi connectivity index (χ2v) is 10.1. The van der Waals surface area contributed by atoms with Gasteiger partial charge in [-0.05, 0) is 55.5 Å². The third kappa shape index (κ3) is 3.71. The van der Waals surface area contributed by atoms with Crippen LogP contribution in [-0.4, -0.2) is 50.8 Å². The Labute approximate surface area is 202 Å². The number of rotatable bonds is 6. The summed E-state index contributed by atoms with van der Waals surface area (Å²) in [5.74, 6) is 1.48. The van der Waals surface area contributed by atoms with Crippen molar-refractivity contribution in [3.05, 3.63) is 52.5 Å². The molecular formula is C23H20N4O3S3. The largest absolute Gasteiger partial charge is 0.494 e. The van der Waals surface area contributed by atoms with Crippen LogP contribution in [0.1, 0.15) is 6.92 Å². The van der Waals surface area contributed by atoms with E-state index in [1.807, 2.05) is 54.0 Å². The van der Waals surface area contributed by atoms with E-state index in [9.17, 15) is 0 Å². The molecule has 1 fully saturated rings. The molecule has 0 N–H and O–H groups in total. The molecule has 4 heterocycles. The van der Waals surface area contributed by atoms with E-state index < -0.39 is 0 Å². The number of hydrogen-bond donors (Lipinski definition) is 0. The molecule has 0 spiro atoms. The lowest BCUT2D eigenvalue weighted by molar-refractivity contribution is -0.0215. The van der Waals surface area contributed by atoms with Crippen LogP contribution >= 0.6 is 35.3 Å². The van der Waals surface area contributed by atoms with Gasteiger partial charge in [-0.3, -0.25) is 8.97 Å². The molecule has 0 atom stereocenters. The lowest BCUT2D eigenvalue weighted by Gasteiger charge is -2.11. The second-order valence-electron chi connectivity index (χ2n) is 7.42. The highest BCUT2D eigenvalue weighted by Gasteiger charge is 2.22. The molecule has 0 unspecified atom stereocenters. The molecule has 3 aromatic heterocycles. The number of nitrogens with zero attached hydrogens (tertiary/aromatic N) is 4. The SMILES string of the molecule is CCOc1ccc(-n2c(=S)sc3c2nc(SCC2OCCO2)n2c4ccccc4nc32)cc1. The Morgan fingerprint density at radius 2 is 1.88 bits per heavy atom. The number of thioether (sulfide) groups is 1. The van der Waals surface area contributed by atoms with Crippen molar-refractivity contribution in [1.29, 1.82) is 0 Å². The summed E-state index contributed by atoms with van der Waals surface area (Å²) < 4.78 is 22.7. The molecule has 0 bridgehead atoms. The average Bonchev–Trinajstić information content (AvgIpc) is 3.55. The minimum absolute atomic E-state index is 0.229. The quantitative estimate of drug-likeness (QED) is 0.175. The van der Waals surface area contributed by atoms with Crippen molar-refractivity contribution in [3.8, 4) is 11.4 Å². The highest BCUT2D eigenvalue weighted by Crippen LogP contribution is 2.34. The molecule has 0 saturated carbocycles. The van der Waals surface area contributed by atoms with E-state index in [4.69, 9.17) is 36.4 Å².